The van der Waals surface area contributed by atoms with E-state index in [4.69, 9.17) is 4.74 Å². The Kier molecular flexibility index (Phi) is 7.90. The third-order valence-corrected chi connectivity index (χ3v) is 4.84. The Balaban J connectivity index is 1.72. The fraction of sp³-hybridized carbons (Fsp3) is 0.300. The fourth-order valence-electron chi connectivity index (χ4n) is 2.31. The van der Waals surface area contributed by atoms with Crippen LogP contribution in [0.15, 0.2) is 35.7 Å². The number of hydrogen-bond donors (Lipinski definition) is 2. The summed E-state index contributed by atoms with van der Waals surface area (Å²) >= 11 is 1.25. The summed E-state index contributed by atoms with van der Waals surface area (Å²) in [7, 11) is 1.44. The topological polar surface area (TPSA) is 105 Å². The molecule has 2 rings (SSSR count). The van der Waals surface area contributed by atoms with Gasteiger partial charge in [-0.05, 0) is 42.5 Å². The molecule has 0 aliphatic rings. The number of anilines is 1. The average Bonchev–Trinajstić information content (AvgIpc) is 3.21. The minimum atomic E-state index is -0.739. The summed E-state index contributed by atoms with van der Waals surface area (Å²) in [6, 6.07) is 9.05. The van der Waals surface area contributed by atoms with Crippen LogP contribution in [0.3, 0.4) is 0 Å². The highest BCUT2D eigenvalue weighted by Gasteiger charge is 2.16. The van der Waals surface area contributed by atoms with E-state index in [1.54, 1.807) is 17.5 Å². The normalized spacial score (nSPS) is 10.2. The van der Waals surface area contributed by atoms with Crippen molar-refractivity contribution in [2.45, 2.75) is 13.8 Å². The molecule has 1 heterocycles. The number of nitrogens with one attached hydrogen (secondary N) is 2. The molecular weight excluding hydrogens is 394 g/mol. The Morgan fingerprint density at radius 3 is 2.59 bits per heavy atom. The highest BCUT2D eigenvalue weighted by atomic mass is 32.1. The number of carbonyl (C=O) groups is 4. The van der Waals surface area contributed by atoms with Gasteiger partial charge in [0.1, 0.15) is 6.54 Å². The van der Waals surface area contributed by atoms with Crippen LogP contribution in [0.4, 0.5) is 5.69 Å². The van der Waals surface area contributed by atoms with E-state index in [-0.39, 0.29) is 24.9 Å². The van der Waals surface area contributed by atoms with Crippen LogP contribution in [-0.2, 0) is 19.1 Å². The molecule has 0 unspecified atom stereocenters. The maximum Gasteiger partial charge on any atom is 0.325 e. The van der Waals surface area contributed by atoms with Crippen molar-refractivity contribution < 1.29 is 23.9 Å². The minimum absolute atomic E-state index is 0.182. The predicted octanol–water partition coefficient (Wildman–Crippen LogP) is 1.74. The highest BCUT2D eigenvalue weighted by molar-refractivity contribution is 7.12. The van der Waals surface area contributed by atoms with Crippen LogP contribution < -0.4 is 10.6 Å². The molecule has 2 aromatic rings. The maximum absolute atomic E-state index is 12.2. The monoisotopic (exact) mass is 417 g/mol. The number of likely N-dealkylation sites (N-methyl/N-ethyl adjacent to an activating group) is 1. The van der Waals surface area contributed by atoms with E-state index in [1.165, 1.54) is 18.4 Å². The van der Waals surface area contributed by atoms with Crippen LogP contribution in [-0.4, -0.2) is 55.3 Å². The molecule has 0 fully saturated rings. The van der Waals surface area contributed by atoms with Gasteiger partial charge in [0.15, 0.2) is 6.61 Å². The summed E-state index contributed by atoms with van der Waals surface area (Å²) < 4.78 is 4.85. The zero-order chi connectivity index (χ0) is 21.4. The lowest BCUT2D eigenvalue weighted by Crippen LogP contribution is -2.38. The van der Waals surface area contributed by atoms with Gasteiger partial charge in [-0.15, -0.1) is 11.3 Å². The van der Waals surface area contributed by atoms with E-state index in [9.17, 15) is 19.2 Å². The predicted molar refractivity (Wildman–Crippen MR) is 110 cm³/mol. The number of nitrogens with zero attached hydrogens (tertiary/aromatic N) is 1. The van der Waals surface area contributed by atoms with Crippen LogP contribution in [0, 0.1) is 13.8 Å². The summed E-state index contributed by atoms with van der Waals surface area (Å²) in [6.07, 6.45) is 0. The Hall–Kier alpha value is -3.20. The first-order valence-corrected chi connectivity index (χ1v) is 9.72. The van der Waals surface area contributed by atoms with Gasteiger partial charge in [-0.2, -0.15) is 0 Å². The lowest BCUT2D eigenvalue weighted by Gasteiger charge is -2.17. The molecule has 1 aromatic heterocycles. The Bertz CT molecular complexity index is 896. The second-order valence-corrected chi connectivity index (χ2v) is 7.38. The van der Waals surface area contributed by atoms with Crippen molar-refractivity contribution in [2.24, 2.45) is 0 Å². The first-order chi connectivity index (χ1) is 13.8. The molecule has 2 N–H and O–H groups in total. The number of rotatable bonds is 8. The molecule has 0 aliphatic carbocycles. The van der Waals surface area contributed by atoms with Crippen molar-refractivity contribution >= 4 is 40.7 Å². The molecule has 0 saturated carbocycles. The zero-order valence-electron chi connectivity index (χ0n) is 16.5. The van der Waals surface area contributed by atoms with E-state index in [1.807, 2.05) is 32.0 Å². The van der Waals surface area contributed by atoms with E-state index in [0.29, 0.717) is 10.6 Å². The van der Waals surface area contributed by atoms with Crippen LogP contribution in [0.25, 0.3) is 0 Å². The molecule has 3 amide bonds. The third kappa shape index (κ3) is 7.04. The number of ether oxygens (including phenoxy) is 1. The lowest BCUT2D eigenvalue weighted by molar-refractivity contribution is -0.150. The quantitative estimate of drug-likeness (QED) is 0.637. The molecule has 8 nitrogen and oxygen atoms in total. The summed E-state index contributed by atoms with van der Waals surface area (Å²) in [5.74, 6) is -2.01. The minimum Gasteiger partial charge on any atom is -0.454 e. The van der Waals surface area contributed by atoms with Crippen LogP contribution in [0.1, 0.15) is 20.8 Å². The van der Waals surface area contributed by atoms with Gasteiger partial charge < -0.3 is 20.3 Å². The van der Waals surface area contributed by atoms with E-state index >= 15 is 0 Å². The SMILES string of the molecule is Cc1ccc(C)c(NC(=O)CN(C)C(=O)COC(=O)CNC(=O)c2cccs2)c1. The first kappa shape index (κ1) is 22.1. The number of carbonyl (C=O) groups excluding carboxylic acids is 4. The fourth-order valence-corrected chi connectivity index (χ4v) is 2.95. The van der Waals surface area contributed by atoms with E-state index in [2.05, 4.69) is 10.6 Å². The van der Waals surface area contributed by atoms with Crippen LogP contribution >= 0.6 is 11.3 Å². The Morgan fingerprint density at radius 1 is 1.14 bits per heavy atom. The number of benzene rings is 1. The number of aryl methyl sites for hydroxylation is 2. The van der Waals surface area contributed by atoms with Crippen LogP contribution in [0.5, 0.6) is 0 Å². The molecule has 0 atom stereocenters. The van der Waals surface area contributed by atoms with Crippen molar-refractivity contribution in [1.29, 1.82) is 0 Å². The van der Waals surface area contributed by atoms with Gasteiger partial charge in [0.2, 0.25) is 5.91 Å². The first-order valence-electron chi connectivity index (χ1n) is 8.84. The molecule has 0 bridgehead atoms. The van der Waals surface area contributed by atoms with Crippen molar-refractivity contribution in [2.75, 3.05) is 32.1 Å². The molecule has 1 aromatic carbocycles. The second-order valence-electron chi connectivity index (χ2n) is 6.44. The highest BCUT2D eigenvalue weighted by Crippen LogP contribution is 2.16. The molecule has 0 spiro atoms. The molecule has 0 radical (unpaired) electrons. The molecule has 0 aliphatic heterocycles. The number of esters is 1. The van der Waals surface area contributed by atoms with Gasteiger partial charge >= 0.3 is 5.97 Å². The number of hydrogen-bond acceptors (Lipinski definition) is 6. The third-order valence-electron chi connectivity index (χ3n) is 3.97. The van der Waals surface area contributed by atoms with Crippen LogP contribution in [0.2, 0.25) is 0 Å². The Labute approximate surface area is 172 Å². The molecular formula is C20H23N3O5S. The summed E-state index contributed by atoms with van der Waals surface area (Å²) in [4.78, 5) is 49.3. The van der Waals surface area contributed by atoms with Gasteiger partial charge in [0.25, 0.3) is 11.8 Å². The smallest absolute Gasteiger partial charge is 0.325 e. The van der Waals surface area contributed by atoms with E-state index < -0.39 is 18.5 Å². The largest absolute Gasteiger partial charge is 0.454 e. The zero-order valence-corrected chi connectivity index (χ0v) is 17.3. The summed E-state index contributed by atoms with van der Waals surface area (Å²) in [6.45, 7) is 2.75. The average molecular weight is 417 g/mol. The molecule has 29 heavy (non-hydrogen) atoms. The lowest BCUT2D eigenvalue weighted by atomic mass is 10.1. The number of amides is 3. The molecule has 9 heteroatoms. The number of thiophene rings is 1. The van der Waals surface area contributed by atoms with Gasteiger partial charge in [-0.3, -0.25) is 19.2 Å². The molecule has 0 saturated heterocycles. The summed E-state index contributed by atoms with van der Waals surface area (Å²) in [5, 5.41) is 6.92. The van der Waals surface area contributed by atoms with Gasteiger partial charge in [0.05, 0.1) is 11.4 Å². The molecule has 154 valence electrons. The maximum atomic E-state index is 12.2. The van der Waals surface area contributed by atoms with Gasteiger partial charge in [-0.25, -0.2) is 0 Å². The van der Waals surface area contributed by atoms with E-state index in [0.717, 1.165) is 16.0 Å². The van der Waals surface area contributed by atoms with Crippen molar-refractivity contribution in [3.05, 3.63) is 51.7 Å². The van der Waals surface area contributed by atoms with Crippen molar-refractivity contribution in [1.82, 2.24) is 10.2 Å². The Morgan fingerprint density at radius 2 is 1.90 bits per heavy atom. The standard InChI is InChI=1S/C20H23N3O5S/c1-13-6-7-14(2)15(9-13)22-17(24)11-23(3)18(25)12-28-19(26)10-21-20(27)16-5-4-8-29-16/h4-9H,10-12H2,1-3H3,(H,21,27)(H,22,24). The van der Waals surface area contributed by atoms with Gasteiger partial charge in [0, 0.05) is 12.7 Å². The van der Waals surface area contributed by atoms with Gasteiger partial charge in [-0.1, -0.05) is 18.2 Å². The summed E-state index contributed by atoms with van der Waals surface area (Å²) in [5.41, 5.74) is 2.61. The van der Waals surface area contributed by atoms with Crippen molar-refractivity contribution in [3.8, 4) is 0 Å². The second kappa shape index (κ2) is 10.4. The van der Waals surface area contributed by atoms with Crippen molar-refractivity contribution in [3.63, 3.8) is 0 Å².